The Bertz CT molecular complexity index is 1360. The maximum absolute atomic E-state index is 12.6. The van der Waals surface area contributed by atoms with Crippen LogP contribution >= 0.6 is 0 Å². The third-order valence-corrected chi connectivity index (χ3v) is 19.0. The van der Waals surface area contributed by atoms with Crippen molar-refractivity contribution >= 4 is 11.9 Å². The van der Waals surface area contributed by atoms with E-state index >= 15 is 0 Å². The van der Waals surface area contributed by atoms with Crippen LogP contribution in [0, 0.1) is 0 Å². The standard InChI is InChI=1S/C81H157NO5/c1-3-5-7-9-11-13-15-17-19-21-22-35-38-42-45-49-53-57-61-65-69-73-79(84)78(77-83)82-80(85)74-70-66-62-58-54-50-46-43-39-36-33-31-29-27-25-23-24-26-28-30-32-34-37-40-44-48-52-56-60-64-68-72-76-87-81(86)75-71-67-63-59-55-51-47-41-20-18-16-14-12-10-8-6-4-2/h18,20,26,28,78-79,83-84H,3-17,19,21-25,27,29-77H2,1-2H3,(H,82,85)/b20-18-,28-26-. The summed E-state index contributed by atoms with van der Waals surface area (Å²) in [6.07, 6.45) is 98.4. The van der Waals surface area contributed by atoms with Gasteiger partial charge in [0, 0.05) is 12.8 Å². The quantitative estimate of drug-likeness (QED) is 0.0320. The first-order chi connectivity index (χ1) is 43.0. The molecule has 2 atom stereocenters. The molecule has 0 rings (SSSR count). The zero-order chi connectivity index (χ0) is 62.8. The van der Waals surface area contributed by atoms with E-state index < -0.39 is 12.1 Å². The van der Waals surface area contributed by atoms with Gasteiger partial charge in [0.05, 0.1) is 25.4 Å². The first kappa shape index (κ1) is 85.3. The van der Waals surface area contributed by atoms with Crippen molar-refractivity contribution in [2.24, 2.45) is 0 Å². The lowest BCUT2D eigenvalue weighted by Crippen LogP contribution is -2.45. The summed E-state index contributed by atoms with van der Waals surface area (Å²) in [5.41, 5.74) is 0. The molecular weight excluding hydrogens is 1070 g/mol. The van der Waals surface area contributed by atoms with Crippen LogP contribution in [0.25, 0.3) is 0 Å². The molecule has 1 amide bonds. The molecule has 0 aliphatic carbocycles. The Morgan fingerprint density at radius 2 is 0.540 bits per heavy atom. The minimum absolute atomic E-state index is 0.0160. The smallest absolute Gasteiger partial charge is 0.305 e. The van der Waals surface area contributed by atoms with Crippen molar-refractivity contribution in [2.45, 2.75) is 469 Å². The van der Waals surface area contributed by atoms with Crippen molar-refractivity contribution in [3.63, 3.8) is 0 Å². The number of nitrogens with one attached hydrogen (secondary N) is 1. The Morgan fingerprint density at radius 1 is 0.310 bits per heavy atom. The largest absolute Gasteiger partial charge is 0.466 e. The molecule has 0 radical (unpaired) electrons. The predicted molar refractivity (Wildman–Crippen MR) is 384 cm³/mol. The summed E-state index contributed by atoms with van der Waals surface area (Å²) in [6, 6.07) is -0.540. The summed E-state index contributed by atoms with van der Waals surface area (Å²) >= 11 is 0. The van der Waals surface area contributed by atoms with Crippen LogP contribution in [0.5, 0.6) is 0 Å². The van der Waals surface area contributed by atoms with Crippen molar-refractivity contribution in [2.75, 3.05) is 13.2 Å². The first-order valence-corrected chi connectivity index (χ1v) is 40.1. The van der Waals surface area contributed by atoms with E-state index in [-0.39, 0.29) is 18.5 Å². The fourth-order valence-corrected chi connectivity index (χ4v) is 12.9. The van der Waals surface area contributed by atoms with E-state index in [0.29, 0.717) is 25.9 Å². The molecule has 0 aromatic carbocycles. The SMILES string of the molecule is CCCCCCCC/C=C\CCCCCCCCCC(=O)OCCCCCCCCCCCCCC/C=C\CCCCCCCCCCCCCCCCCCC(=O)NC(CO)C(O)CCCCCCCCCCCCCCCCCCCCCCC. The van der Waals surface area contributed by atoms with Gasteiger partial charge in [-0.25, -0.2) is 0 Å². The summed E-state index contributed by atoms with van der Waals surface area (Å²) in [5.74, 6) is -0.0111. The number of carbonyl (C=O) groups excluding carboxylic acids is 2. The molecule has 0 aromatic heterocycles. The number of hydrogen-bond donors (Lipinski definition) is 3. The van der Waals surface area contributed by atoms with Gasteiger partial charge in [0.1, 0.15) is 0 Å². The fraction of sp³-hybridized carbons (Fsp3) is 0.926. The van der Waals surface area contributed by atoms with Crippen LogP contribution in [0.3, 0.4) is 0 Å². The molecular formula is C81H157NO5. The molecule has 0 heterocycles. The van der Waals surface area contributed by atoms with Crippen LogP contribution in [0.2, 0.25) is 0 Å². The maximum Gasteiger partial charge on any atom is 0.305 e. The van der Waals surface area contributed by atoms with E-state index in [9.17, 15) is 19.8 Å². The molecule has 87 heavy (non-hydrogen) atoms. The second-order valence-electron chi connectivity index (χ2n) is 27.7. The van der Waals surface area contributed by atoms with Crippen molar-refractivity contribution < 1.29 is 24.5 Å². The van der Waals surface area contributed by atoms with Crippen molar-refractivity contribution in [1.82, 2.24) is 5.32 Å². The molecule has 0 aromatic rings. The van der Waals surface area contributed by atoms with Gasteiger partial charge in [-0.3, -0.25) is 9.59 Å². The molecule has 0 fully saturated rings. The van der Waals surface area contributed by atoms with Crippen LogP contribution in [-0.4, -0.2) is 47.4 Å². The van der Waals surface area contributed by atoms with Crippen LogP contribution in [-0.2, 0) is 14.3 Å². The maximum atomic E-state index is 12.6. The lowest BCUT2D eigenvalue weighted by Gasteiger charge is -2.22. The second kappa shape index (κ2) is 76.8. The van der Waals surface area contributed by atoms with Crippen LogP contribution < -0.4 is 5.32 Å². The number of ether oxygens (including phenoxy) is 1. The number of unbranched alkanes of at least 4 members (excludes halogenated alkanes) is 61. The predicted octanol–water partition coefficient (Wildman–Crippen LogP) is 26.4. The molecule has 0 spiro atoms. The molecule has 0 aliphatic rings. The molecule has 0 saturated carbocycles. The Morgan fingerprint density at radius 3 is 0.816 bits per heavy atom. The van der Waals surface area contributed by atoms with Gasteiger partial charge in [-0.05, 0) is 77.0 Å². The van der Waals surface area contributed by atoms with Gasteiger partial charge in [0.2, 0.25) is 5.91 Å². The van der Waals surface area contributed by atoms with E-state index in [2.05, 4.69) is 43.5 Å². The molecule has 6 heteroatoms. The van der Waals surface area contributed by atoms with E-state index in [1.54, 1.807) is 0 Å². The summed E-state index contributed by atoms with van der Waals surface area (Å²) in [5, 5.41) is 23.5. The van der Waals surface area contributed by atoms with Gasteiger partial charge in [-0.1, -0.05) is 391 Å². The summed E-state index contributed by atoms with van der Waals surface area (Å²) in [7, 11) is 0. The summed E-state index contributed by atoms with van der Waals surface area (Å²) < 4.78 is 5.51. The van der Waals surface area contributed by atoms with Crippen molar-refractivity contribution in [1.29, 1.82) is 0 Å². The third kappa shape index (κ3) is 73.3. The van der Waals surface area contributed by atoms with E-state index in [0.717, 1.165) is 44.9 Å². The molecule has 6 nitrogen and oxygen atoms in total. The number of aliphatic hydroxyl groups excluding tert-OH is 2. The van der Waals surface area contributed by atoms with Gasteiger partial charge in [0.25, 0.3) is 0 Å². The zero-order valence-corrected chi connectivity index (χ0v) is 59.3. The van der Waals surface area contributed by atoms with E-state index in [1.165, 1.54) is 379 Å². The Labute approximate surface area is 545 Å². The molecule has 2 unspecified atom stereocenters. The number of aliphatic hydroxyl groups is 2. The average molecular weight is 1230 g/mol. The number of esters is 1. The van der Waals surface area contributed by atoms with Crippen LogP contribution in [0.15, 0.2) is 24.3 Å². The highest BCUT2D eigenvalue weighted by Gasteiger charge is 2.20. The number of carbonyl (C=O) groups is 2. The Balaban J connectivity index is 3.35. The van der Waals surface area contributed by atoms with Gasteiger partial charge >= 0.3 is 5.97 Å². The number of allylic oxidation sites excluding steroid dienone is 4. The first-order valence-electron chi connectivity index (χ1n) is 40.1. The Hall–Kier alpha value is -1.66. The van der Waals surface area contributed by atoms with Crippen LogP contribution in [0.1, 0.15) is 457 Å². The highest BCUT2D eigenvalue weighted by atomic mass is 16.5. The van der Waals surface area contributed by atoms with E-state index in [4.69, 9.17) is 4.74 Å². The molecule has 0 saturated heterocycles. The summed E-state index contributed by atoms with van der Waals surface area (Å²) in [4.78, 5) is 24.7. The topological polar surface area (TPSA) is 95.9 Å². The number of hydrogen-bond acceptors (Lipinski definition) is 5. The van der Waals surface area contributed by atoms with Gasteiger partial charge in [-0.2, -0.15) is 0 Å². The van der Waals surface area contributed by atoms with Gasteiger partial charge in [0.15, 0.2) is 0 Å². The molecule has 0 aliphatic heterocycles. The van der Waals surface area contributed by atoms with Crippen molar-refractivity contribution in [3.05, 3.63) is 24.3 Å². The fourth-order valence-electron chi connectivity index (χ4n) is 12.9. The monoisotopic (exact) mass is 1220 g/mol. The van der Waals surface area contributed by atoms with E-state index in [1.807, 2.05) is 0 Å². The molecule has 516 valence electrons. The minimum Gasteiger partial charge on any atom is -0.466 e. The number of rotatable bonds is 76. The third-order valence-electron chi connectivity index (χ3n) is 19.0. The average Bonchev–Trinajstić information content (AvgIpc) is 3.52. The molecule has 3 N–H and O–H groups in total. The lowest BCUT2D eigenvalue weighted by atomic mass is 10.0. The molecule has 0 bridgehead atoms. The summed E-state index contributed by atoms with van der Waals surface area (Å²) in [6.45, 7) is 5.00. The van der Waals surface area contributed by atoms with Gasteiger partial charge < -0.3 is 20.3 Å². The normalized spacial score (nSPS) is 12.6. The highest BCUT2D eigenvalue weighted by molar-refractivity contribution is 5.76. The highest BCUT2D eigenvalue weighted by Crippen LogP contribution is 2.20. The Kier molecular flexibility index (Phi) is 75.3. The van der Waals surface area contributed by atoms with Crippen molar-refractivity contribution in [3.8, 4) is 0 Å². The van der Waals surface area contributed by atoms with Crippen LogP contribution in [0.4, 0.5) is 0 Å². The zero-order valence-electron chi connectivity index (χ0n) is 59.3. The minimum atomic E-state index is -0.663. The second-order valence-corrected chi connectivity index (χ2v) is 27.7. The lowest BCUT2D eigenvalue weighted by molar-refractivity contribution is -0.143. The number of amides is 1. The van der Waals surface area contributed by atoms with Gasteiger partial charge in [-0.15, -0.1) is 0 Å².